The van der Waals surface area contributed by atoms with Crippen molar-refractivity contribution in [2.45, 2.75) is 13.8 Å². The molecule has 128 valence electrons. The molecule has 0 atom stereocenters. The minimum atomic E-state index is -0.439. The van der Waals surface area contributed by atoms with Gasteiger partial charge in [-0.15, -0.1) is 0 Å². The first-order valence-corrected chi connectivity index (χ1v) is 8.04. The number of fused-ring (bicyclic) bond motifs is 1. The first kappa shape index (κ1) is 18.0. The summed E-state index contributed by atoms with van der Waals surface area (Å²) in [6.07, 6.45) is 1.63. The predicted molar refractivity (Wildman–Crippen MR) is 91.1 cm³/mol. The number of pyridine rings is 1. The molecule has 0 bridgehead atoms. The van der Waals surface area contributed by atoms with E-state index in [2.05, 4.69) is 4.98 Å². The van der Waals surface area contributed by atoms with E-state index in [4.69, 9.17) is 21.1 Å². The van der Waals surface area contributed by atoms with Crippen LogP contribution in [0.15, 0.2) is 30.5 Å². The summed E-state index contributed by atoms with van der Waals surface area (Å²) >= 11 is 6.13. The first-order chi connectivity index (χ1) is 11.6. The van der Waals surface area contributed by atoms with Gasteiger partial charge in [-0.1, -0.05) is 11.6 Å². The lowest BCUT2D eigenvalue weighted by atomic mass is 10.2. The minimum absolute atomic E-state index is 0.0911. The molecule has 0 spiro atoms. The average Bonchev–Trinajstić information content (AvgIpc) is 2.59. The number of carbonyl (C=O) groups excluding carboxylic acids is 2. The number of rotatable bonds is 7. The second-order valence-electron chi connectivity index (χ2n) is 4.95. The van der Waals surface area contributed by atoms with Gasteiger partial charge < -0.3 is 14.4 Å². The third-order valence-electron chi connectivity index (χ3n) is 3.39. The summed E-state index contributed by atoms with van der Waals surface area (Å²) in [7, 11) is 0. The fourth-order valence-electron chi connectivity index (χ4n) is 2.20. The molecule has 2 aromatic rings. The molecule has 6 nitrogen and oxygen atoms in total. The standard InChI is InChI=1S/C17H19ClN2O4/c1-3-20(10-16(22)23-4-2)15(21)11-24-14-8-7-13(18)12-6-5-9-19-17(12)14/h5-9H,3-4,10-11H2,1-2H3. The Morgan fingerprint density at radius 1 is 1.25 bits per heavy atom. The fraction of sp³-hybridized carbons (Fsp3) is 0.353. The van der Waals surface area contributed by atoms with Crippen LogP contribution in [0, 0.1) is 0 Å². The van der Waals surface area contributed by atoms with Crippen LogP contribution in [-0.4, -0.2) is 48.1 Å². The van der Waals surface area contributed by atoms with Gasteiger partial charge in [-0.3, -0.25) is 14.6 Å². The maximum Gasteiger partial charge on any atom is 0.325 e. The molecule has 1 aromatic carbocycles. The molecular weight excluding hydrogens is 332 g/mol. The summed E-state index contributed by atoms with van der Waals surface area (Å²) in [4.78, 5) is 29.4. The number of likely N-dealkylation sites (N-methyl/N-ethyl adjacent to an activating group) is 1. The minimum Gasteiger partial charge on any atom is -0.481 e. The van der Waals surface area contributed by atoms with Crippen LogP contribution in [0.1, 0.15) is 13.8 Å². The van der Waals surface area contributed by atoms with Gasteiger partial charge in [0.05, 0.1) is 11.6 Å². The van der Waals surface area contributed by atoms with Crippen molar-refractivity contribution in [1.82, 2.24) is 9.88 Å². The van der Waals surface area contributed by atoms with E-state index in [0.29, 0.717) is 22.8 Å². The Hall–Kier alpha value is -2.34. The first-order valence-electron chi connectivity index (χ1n) is 7.66. The van der Waals surface area contributed by atoms with Crippen molar-refractivity contribution in [1.29, 1.82) is 0 Å². The molecule has 0 saturated carbocycles. The number of amides is 1. The highest BCUT2D eigenvalue weighted by atomic mass is 35.5. The zero-order valence-electron chi connectivity index (χ0n) is 13.6. The smallest absolute Gasteiger partial charge is 0.325 e. The van der Waals surface area contributed by atoms with Crippen LogP contribution in [0.4, 0.5) is 0 Å². The molecule has 0 saturated heterocycles. The topological polar surface area (TPSA) is 68.7 Å². The highest BCUT2D eigenvalue weighted by Crippen LogP contribution is 2.29. The molecule has 0 aliphatic carbocycles. The van der Waals surface area contributed by atoms with E-state index in [1.54, 1.807) is 38.2 Å². The molecule has 7 heteroatoms. The Balaban J connectivity index is 2.06. The van der Waals surface area contributed by atoms with Crippen molar-refractivity contribution in [2.75, 3.05) is 26.3 Å². The lowest BCUT2D eigenvalue weighted by molar-refractivity contribution is -0.149. The molecule has 1 aromatic heterocycles. The maximum absolute atomic E-state index is 12.2. The van der Waals surface area contributed by atoms with E-state index in [1.165, 1.54) is 4.90 Å². The fourth-order valence-corrected chi connectivity index (χ4v) is 2.41. The summed E-state index contributed by atoms with van der Waals surface area (Å²) in [5.74, 6) is -0.272. The zero-order valence-corrected chi connectivity index (χ0v) is 14.4. The highest BCUT2D eigenvalue weighted by molar-refractivity contribution is 6.35. The van der Waals surface area contributed by atoms with Crippen molar-refractivity contribution in [3.05, 3.63) is 35.5 Å². The molecule has 0 radical (unpaired) electrons. The van der Waals surface area contributed by atoms with E-state index in [1.807, 2.05) is 6.07 Å². The molecule has 0 aliphatic rings. The van der Waals surface area contributed by atoms with Crippen LogP contribution in [0.2, 0.25) is 5.02 Å². The predicted octanol–water partition coefficient (Wildman–Crippen LogP) is 2.68. The summed E-state index contributed by atoms with van der Waals surface area (Å²) in [5.41, 5.74) is 0.589. The lowest BCUT2D eigenvalue weighted by Crippen LogP contribution is -2.39. The Morgan fingerprint density at radius 2 is 2.04 bits per heavy atom. The monoisotopic (exact) mass is 350 g/mol. The molecule has 1 heterocycles. The van der Waals surface area contributed by atoms with E-state index >= 15 is 0 Å². The van der Waals surface area contributed by atoms with Crippen molar-refractivity contribution in [3.8, 4) is 5.75 Å². The van der Waals surface area contributed by atoms with Gasteiger partial charge in [0, 0.05) is 18.1 Å². The van der Waals surface area contributed by atoms with E-state index in [0.717, 1.165) is 5.39 Å². The number of benzene rings is 1. The van der Waals surface area contributed by atoms with Crippen LogP contribution in [0.3, 0.4) is 0 Å². The van der Waals surface area contributed by atoms with Gasteiger partial charge >= 0.3 is 5.97 Å². The average molecular weight is 351 g/mol. The third kappa shape index (κ3) is 4.35. The van der Waals surface area contributed by atoms with Crippen molar-refractivity contribution < 1.29 is 19.1 Å². The summed E-state index contributed by atoms with van der Waals surface area (Å²) in [6.45, 7) is 3.89. The van der Waals surface area contributed by atoms with Crippen molar-refractivity contribution in [3.63, 3.8) is 0 Å². The second kappa shape index (κ2) is 8.49. The second-order valence-corrected chi connectivity index (χ2v) is 5.35. The number of halogens is 1. The third-order valence-corrected chi connectivity index (χ3v) is 3.72. The Bertz CT molecular complexity index is 736. The molecule has 24 heavy (non-hydrogen) atoms. The van der Waals surface area contributed by atoms with Crippen LogP contribution < -0.4 is 4.74 Å². The van der Waals surface area contributed by atoms with E-state index in [-0.39, 0.29) is 25.7 Å². The van der Waals surface area contributed by atoms with Crippen LogP contribution in [0.5, 0.6) is 5.75 Å². The van der Waals surface area contributed by atoms with Crippen LogP contribution in [-0.2, 0) is 14.3 Å². The quantitative estimate of drug-likeness (QED) is 0.718. The van der Waals surface area contributed by atoms with Gasteiger partial charge in [0.25, 0.3) is 5.91 Å². The van der Waals surface area contributed by atoms with E-state index < -0.39 is 5.97 Å². The molecule has 0 N–H and O–H groups in total. The van der Waals surface area contributed by atoms with Gasteiger partial charge in [-0.05, 0) is 38.1 Å². The van der Waals surface area contributed by atoms with Crippen LogP contribution in [0.25, 0.3) is 10.9 Å². The number of hydrogen-bond donors (Lipinski definition) is 0. The Kier molecular flexibility index (Phi) is 6.37. The van der Waals surface area contributed by atoms with Gasteiger partial charge in [0.15, 0.2) is 6.61 Å². The van der Waals surface area contributed by atoms with E-state index in [9.17, 15) is 9.59 Å². The van der Waals surface area contributed by atoms with Crippen molar-refractivity contribution in [2.24, 2.45) is 0 Å². The molecule has 2 rings (SSSR count). The molecule has 0 fully saturated rings. The van der Waals surface area contributed by atoms with Gasteiger partial charge in [-0.25, -0.2) is 0 Å². The molecule has 1 amide bonds. The Morgan fingerprint density at radius 3 is 2.75 bits per heavy atom. The number of carbonyl (C=O) groups is 2. The van der Waals surface area contributed by atoms with Gasteiger partial charge in [0.2, 0.25) is 0 Å². The number of ether oxygens (including phenoxy) is 2. The molecule has 0 unspecified atom stereocenters. The molecule has 0 aliphatic heterocycles. The number of hydrogen-bond acceptors (Lipinski definition) is 5. The SMILES string of the molecule is CCOC(=O)CN(CC)C(=O)COc1ccc(Cl)c2cccnc12. The highest BCUT2D eigenvalue weighted by Gasteiger charge is 2.17. The zero-order chi connectivity index (χ0) is 17.5. The maximum atomic E-state index is 12.2. The van der Waals surface area contributed by atoms with Crippen LogP contribution >= 0.6 is 11.6 Å². The summed E-state index contributed by atoms with van der Waals surface area (Å²) in [6, 6.07) is 6.98. The Labute approximate surface area is 145 Å². The number of aromatic nitrogens is 1. The van der Waals surface area contributed by atoms with Crippen molar-refractivity contribution >= 4 is 34.4 Å². The molecular formula is C17H19ClN2O4. The number of nitrogens with zero attached hydrogens (tertiary/aromatic N) is 2. The van der Waals surface area contributed by atoms with Gasteiger partial charge in [-0.2, -0.15) is 0 Å². The normalized spacial score (nSPS) is 10.5. The largest absolute Gasteiger partial charge is 0.481 e. The van der Waals surface area contributed by atoms with Gasteiger partial charge in [0.1, 0.15) is 17.8 Å². The summed E-state index contributed by atoms with van der Waals surface area (Å²) in [5, 5.41) is 1.32. The lowest BCUT2D eigenvalue weighted by Gasteiger charge is -2.20. The summed E-state index contributed by atoms with van der Waals surface area (Å²) < 4.78 is 10.5. The number of esters is 1.